The molecule has 0 bridgehead atoms. The van der Waals surface area contributed by atoms with Crippen LogP contribution in [-0.4, -0.2) is 36.0 Å². The van der Waals surface area contributed by atoms with Gasteiger partial charge < -0.3 is 10.2 Å². The van der Waals surface area contributed by atoms with Gasteiger partial charge in [0, 0.05) is 31.6 Å². The summed E-state index contributed by atoms with van der Waals surface area (Å²) in [5.41, 5.74) is 0. The van der Waals surface area contributed by atoms with Crippen LogP contribution in [0.15, 0.2) is 0 Å². The molecular formula is C12H22N2O. The van der Waals surface area contributed by atoms with Gasteiger partial charge in [-0.1, -0.05) is 6.42 Å². The van der Waals surface area contributed by atoms with E-state index in [9.17, 15) is 4.79 Å². The Bertz CT molecular complexity index is 228. The molecule has 1 saturated heterocycles. The van der Waals surface area contributed by atoms with Gasteiger partial charge in [0.05, 0.1) is 0 Å². The average Bonchev–Trinajstić information content (AvgIpc) is 2.11. The Hall–Kier alpha value is -0.570. The standard InChI is InChI=1S/C12H22N2O/c1-9-7-13-8-10(2)14(9)12(15)6-11-4-3-5-11/h9-11,13H,3-8H2,1-2H3. The Morgan fingerprint density at radius 1 is 1.27 bits per heavy atom. The van der Waals surface area contributed by atoms with E-state index in [1.54, 1.807) is 0 Å². The van der Waals surface area contributed by atoms with Crippen molar-refractivity contribution in [1.82, 2.24) is 10.2 Å². The second-order valence-corrected chi connectivity index (χ2v) is 5.16. The zero-order valence-corrected chi connectivity index (χ0v) is 9.83. The number of carbonyl (C=O) groups excluding carboxylic acids is 1. The van der Waals surface area contributed by atoms with Gasteiger partial charge in [-0.2, -0.15) is 0 Å². The minimum absolute atomic E-state index is 0.362. The summed E-state index contributed by atoms with van der Waals surface area (Å²) in [5, 5.41) is 3.36. The van der Waals surface area contributed by atoms with Crippen LogP contribution in [0.3, 0.4) is 0 Å². The van der Waals surface area contributed by atoms with Crippen molar-refractivity contribution >= 4 is 5.91 Å². The van der Waals surface area contributed by atoms with Crippen LogP contribution in [0.2, 0.25) is 0 Å². The number of amides is 1. The van der Waals surface area contributed by atoms with Crippen molar-refractivity contribution < 1.29 is 4.79 Å². The fourth-order valence-corrected chi connectivity index (χ4v) is 2.67. The molecule has 0 aromatic carbocycles. The number of carbonyl (C=O) groups is 1. The summed E-state index contributed by atoms with van der Waals surface area (Å²) in [7, 11) is 0. The predicted octanol–water partition coefficient (Wildman–Crippen LogP) is 1.39. The van der Waals surface area contributed by atoms with Gasteiger partial charge in [-0.25, -0.2) is 0 Å². The summed E-state index contributed by atoms with van der Waals surface area (Å²) in [6, 6.07) is 0.725. The van der Waals surface area contributed by atoms with Gasteiger partial charge >= 0.3 is 0 Å². The maximum Gasteiger partial charge on any atom is 0.223 e. The van der Waals surface area contributed by atoms with Crippen LogP contribution < -0.4 is 5.32 Å². The van der Waals surface area contributed by atoms with Crippen molar-refractivity contribution in [2.24, 2.45) is 5.92 Å². The third kappa shape index (κ3) is 2.33. The predicted molar refractivity (Wildman–Crippen MR) is 60.6 cm³/mol. The van der Waals surface area contributed by atoms with E-state index in [0.29, 0.717) is 23.9 Å². The summed E-state index contributed by atoms with van der Waals surface area (Å²) in [4.78, 5) is 14.2. The molecule has 1 saturated carbocycles. The molecule has 0 radical (unpaired) electrons. The first kappa shape index (κ1) is 10.9. The Morgan fingerprint density at radius 2 is 1.87 bits per heavy atom. The Balaban J connectivity index is 1.90. The van der Waals surface area contributed by atoms with Gasteiger partial charge in [-0.05, 0) is 32.6 Å². The van der Waals surface area contributed by atoms with Gasteiger partial charge in [0.2, 0.25) is 5.91 Å². The van der Waals surface area contributed by atoms with E-state index in [2.05, 4.69) is 24.1 Å². The molecule has 3 nitrogen and oxygen atoms in total. The molecule has 0 aromatic rings. The van der Waals surface area contributed by atoms with Gasteiger partial charge in [-0.3, -0.25) is 4.79 Å². The van der Waals surface area contributed by atoms with Crippen LogP contribution in [0.4, 0.5) is 0 Å². The largest absolute Gasteiger partial charge is 0.335 e. The van der Waals surface area contributed by atoms with Gasteiger partial charge in [0.25, 0.3) is 0 Å². The molecule has 2 fully saturated rings. The number of rotatable bonds is 2. The topological polar surface area (TPSA) is 32.3 Å². The highest BCUT2D eigenvalue weighted by Crippen LogP contribution is 2.30. The quantitative estimate of drug-likeness (QED) is 0.747. The fourth-order valence-electron chi connectivity index (χ4n) is 2.67. The minimum atomic E-state index is 0.362. The first-order chi connectivity index (χ1) is 7.18. The van der Waals surface area contributed by atoms with Crippen molar-refractivity contribution in [3.63, 3.8) is 0 Å². The van der Waals surface area contributed by atoms with Crippen molar-refractivity contribution in [3.8, 4) is 0 Å². The molecule has 1 amide bonds. The van der Waals surface area contributed by atoms with E-state index in [0.717, 1.165) is 19.5 Å². The lowest BCUT2D eigenvalue weighted by Gasteiger charge is -2.40. The molecule has 0 aromatic heterocycles. The molecule has 1 aliphatic carbocycles. The maximum absolute atomic E-state index is 12.1. The van der Waals surface area contributed by atoms with E-state index in [1.807, 2.05) is 0 Å². The summed E-state index contributed by atoms with van der Waals surface area (Å²) in [5.74, 6) is 1.06. The lowest BCUT2D eigenvalue weighted by molar-refractivity contribution is -0.138. The third-order valence-corrected chi connectivity index (χ3v) is 3.81. The van der Waals surface area contributed by atoms with Crippen LogP contribution in [0.25, 0.3) is 0 Å². The van der Waals surface area contributed by atoms with Crippen LogP contribution >= 0.6 is 0 Å². The molecule has 2 aliphatic rings. The first-order valence-corrected chi connectivity index (χ1v) is 6.20. The summed E-state index contributed by atoms with van der Waals surface area (Å²) in [6.45, 7) is 6.17. The number of hydrogen-bond donors (Lipinski definition) is 1. The molecule has 15 heavy (non-hydrogen) atoms. The average molecular weight is 210 g/mol. The van der Waals surface area contributed by atoms with Crippen molar-refractivity contribution in [2.75, 3.05) is 13.1 Å². The van der Waals surface area contributed by atoms with Crippen LogP contribution in [-0.2, 0) is 4.79 Å². The summed E-state index contributed by atoms with van der Waals surface area (Å²) in [6.07, 6.45) is 4.64. The van der Waals surface area contributed by atoms with Crippen LogP contribution in [0, 0.1) is 5.92 Å². The van der Waals surface area contributed by atoms with E-state index >= 15 is 0 Å². The molecule has 2 atom stereocenters. The number of hydrogen-bond acceptors (Lipinski definition) is 2. The molecule has 1 N–H and O–H groups in total. The van der Waals surface area contributed by atoms with Crippen LogP contribution in [0.5, 0.6) is 0 Å². The van der Waals surface area contributed by atoms with E-state index in [1.165, 1.54) is 19.3 Å². The van der Waals surface area contributed by atoms with Gasteiger partial charge in [0.15, 0.2) is 0 Å². The number of nitrogens with one attached hydrogen (secondary N) is 1. The highest BCUT2D eigenvalue weighted by molar-refractivity contribution is 5.77. The highest BCUT2D eigenvalue weighted by Gasteiger charge is 2.31. The smallest absolute Gasteiger partial charge is 0.223 e. The van der Waals surface area contributed by atoms with Gasteiger partial charge in [0.1, 0.15) is 0 Å². The fraction of sp³-hybridized carbons (Fsp3) is 0.917. The van der Waals surface area contributed by atoms with Crippen molar-refractivity contribution in [1.29, 1.82) is 0 Å². The zero-order valence-electron chi connectivity index (χ0n) is 9.83. The van der Waals surface area contributed by atoms with E-state index in [4.69, 9.17) is 0 Å². The maximum atomic E-state index is 12.1. The molecule has 86 valence electrons. The molecule has 2 rings (SSSR count). The number of nitrogens with zero attached hydrogens (tertiary/aromatic N) is 1. The first-order valence-electron chi connectivity index (χ1n) is 6.20. The second-order valence-electron chi connectivity index (χ2n) is 5.16. The molecular weight excluding hydrogens is 188 g/mol. The Kier molecular flexibility index (Phi) is 3.29. The summed E-state index contributed by atoms with van der Waals surface area (Å²) >= 11 is 0. The third-order valence-electron chi connectivity index (χ3n) is 3.81. The van der Waals surface area contributed by atoms with Crippen molar-refractivity contribution in [3.05, 3.63) is 0 Å². The highest BCUT2D eigenvalue weighted by atomic mass is 16.2. The lowest BCUT2D eigenvalue weighted by Crippen LogP contribution is -2.57. The summed E-state index contributed by atoms with van der Waals surface area (Å²) < 4.78 is 0. The van der Waals surface area contributed by atoms with Crippen LogP contribution in [0.1, 0.15) is 39.5 Å². The molecule has 2 unspecified atom stereocenters. The number of piperazine rings is 1. The molecule has 0 spiro atoms. The SMILES string of the molecule is CC1CNCC(C)N1C(=O)CC1CCC1. The Morgan fingerprint density at radius 3 is 2.33 bits per heavy atom. The normalized spacial score (nSPS) is 32.5. The lowest BCUT2D eigenvalue weighted by atomic mass is 9.82. The van der Waals surface area contributed by atoms with E-state index in [-0.39, 0.29) is 0 Å². The van der Waals surface area contributed by atoms with Crippen molar-refractivity contribution in [2.45, 2.75) is 51.6 Å². The van der Waals surface area contributed by atoms with E-state index < -0.39 is 0 Å². The zero-order chi connectivity index (χ0) is 10.8. The molecule has 1 heterocycles. The van der Waals surface area contributed by atoms with Gasteiger partial charge in [-0.15, -0.1) is 0 Å². The monoisotopic (exact) mass is 210 g/mol. The molecule has 3 heteroatoms. The molecule has 1 aliphatic heterocycles. The second kappa shape index (κ2) is 4.52. The Labute approximate surface area is 92.2 Å². The minimum Gasteiger partial charge on any atom is -0.335 e.